The van der Waals surface area contributed by atoms with Crippen LogP contribution in [0.3, 0.4) is 0 Å². The largest absolute Gasteiger partial charge is 2.00 e. The van der Waals surface area contributed by atoms with Crippen LogP contribution in [0.1, 0.15) is 153 Å². The van der Waals surface area contributed by atoms with Gasteiger partial charge in [-0.1, -0.05) is 77.9 Å². The van der Waals surface area contributed by atoms with Crippen molar-refractivity contribution in [3.05, 3.63) is 101 Å². The van der Waals surface area contributed by atoms with Gasteiger partial charge in [-0.05, 0) is 165 Å². The summed E-state index contributed by atoms with van der Waals surface area (Å²) in [7, 11) is -0.834. The fourth-order valence-corrected chi connectivity index (χ4v) is 20.9. The van der Waals surface area contributed by atoms with Crippen molar-refractivity contribution in [1.29, 1.82) is 0 Å². The molecule has 0 amide bonds. The fraction of sp³-hybridized carbons (Fsp3) is 0.571. The van der Waals surface area contributed by atoms with Crippen molar-refractivity contribution in [2.24, 2.45) is 35.5 Å². The zero-order chi connectivity index (χ0) is 45.7. The first-order chi connectivity index (χ1) is 30.4. The van der Waals surface area contributed by atoms with E-state index in [-0.39, 0.29) is 20.4 Å². The molecule has 0 atom stereocenters. The van der Waals surface area contributed by atoms with E-state index in [1.165, 1.54) is 111 Å². The van der Waals surface area contributed by atoms with Crippen molar-refractivity contribution in [3.8, 4) is 33.8 Å². The van der Waals surface area contributed by atoms with Gasteiger partial charge in [-0.25, -0.2) is 0 Å². The maximum atomic E-state index is 9.19. The Bertz CT molecular complexity index is 2240. The molecule has 354 valence electrons. The van der Waals surface area contributed by atoms with Gasteiger partial charge in [0.1, 0.15) is 11.1 Å². The number of ether oxygens (including phenoxy) is 2. The first kappa shape index (κ1) is 50.2. The summed E-state index contributed by atoms with van der Waals surface area (Å²) in [5, 5.41) is 2.65. The molecule has 0 heterocycles. The SMILES string of the molecule is COc1ccc(OC)c([PH+](C23CC4CC(CC(C4)C2)C3)C23CC4CC(CC(C4)C2)C3)c1-c1c(C(C)C)cc(C(C)C)cc1C(C)C.CS(=O)(=O)O.[NH-]c1ccccc1-c1[c-]cccc1.[Pd+2]. The van der Waals surface area contributed by atoms with Gasteiger partial charge in [0, 0.05) is 0 Å². The molecule has 4 aromatic carbocycles. The van der Waals surface area contributed by atoms with Gasteiger partial charge in [-0.15, -0.1) is 41.5 Å². The van der Waals surface area contributed by atoms with Crippen molar-refractivity contribution < 1.29 is 42.9 Å². The predicted octanol–water partition coefficient (Wildman–Crippen LogP) is 14.9. The third-order valence-corrected chi connectivity index (χ3v) is 20.6. The molecular formula is C56H75NO5PPdS+. The smallest absolute Gasteiger partial charge is 0.706 e. The van der Waals surface area contributed by atoms with Gasteiger partial charge in [0.25, 0.3) is 10.1 Å². The molecule has 8 saturated carbocycles. The Morgan fingerprint density at radius 2 is 1.06 bits per heavy atom. The van der Waals surface area contributed by atoms with Gasteiger partial charge in [0.2, 0.25) is 0 Å². The topological polar surface area (TPSA) is 96.6 Å². The molecule has 65 heavy (non-hydrogen) atoms. The first-order valence-corrected chi connectivity index (χ1v) is 27.8. The Morgan fingerprint density at radius 1 is 0.646 bits per heavy atom. The summed E-state index contributed by atoms with van der Waals surface area (Å²) in [4.78, 5) is 0. The normalized spacial score (nSPS) is 28.6. The Hall–Kier alpha value is -2.72. The van der Waals surface area contributed by atoms with E-state index in [0.717, 1.165) is 52.4 Å². The van der Waals surface area contributed by atoms with E-state index in [9.17, 15) is 8.42 Å². The summed E-state index contributed by atoms with van der Waals surface area (Å²) >= 11 is 0. The number of rotatable bonds is 10. The molecule has 9 heteroatoms. The second kappa shape index (κ2) is 20.1. The predicted molar refractivity (Wildman–Crippen MR) is 269 cm³/mol. The Kier molecular flexibility index (Phi) is 15.5. The van der Waals surface area contributed by atoms with Crippen molar-refractivity contribution in [2.75, 3.05) is 20.5 Å². The van der Waals surface area contributed by atoms with E-state index in [4.69, 9.17) is 19.8 Å². The quantitative estimate of drug-likeness (QED) is 0.0739. The van der Waals surface area contributed by atoms with Gasteiger partial charge in [-0.2, -0.15) is 14.1 Å². The number of nitrogens with one attached hydrogen (secondary N) is 1. The van der Waals surface area contributed by atoms with Gasteiger partial charge in [0.15, 0.2) is 5.75 Å². The fourth-order valence-electron chi connectivity index (χ4n) is 14.9. The second-order valence-electron chi connectivity index (χ2n) is 22.1. The van der Waals surface area contributed by atoms with Crippen LogP contribution in [0, 0.1) is 41.6 Å². The van der Waals surface area contributed by atoms with Crippen molar-refractivity contribution >= 4 is 29.0 Å². The molecule has 0 radical (unpaired) electrons. The van der Waals surface area contributed by atoms with Gasteiger partial charge in [0.05, 0.1) is 44.3 Å². The van der Waals surface area contributed by atoms with Crippen LogP contribution in [0.15, 0.2) is 72.8 Å². The maximum absolute atomic E-state index is 9.19. The minimum atomic E-state index is -3.67. The number of benzene rings is 4. The maximum Gasteiger partial charge on any atom is 2.00 e. The summed E-state index contributed by atoms with van der Waals surface area (Å²) < 4.78 is 39.1. The summed E-state index contributed by atoms with van der Waals surface area (Å²) in [5.74, 6) is 9.43. The molecule has 0 aliphatic heterocycles. The molecule has 8 bridgehead atoms. The van der Waals surface area contributed by atoms with Crippen LogP contribution >= 0.6 is 7.92 Å². The van der Waals surface area contributed by atoms with Crippen LogP contribution in [-0.4, -0.2) is 43.8 Å². The van der Waals surface area contributed by atoms with Gasteiger partial charge >= 0.3 is 20.4 Å². The van der Waals surface area contributed by atoms with E-state index >= 15 is 0 Å². The van der Waals surface area contributed by atoms with Crippen molar-refractivity contribution in [1.82, 2.24) is 0 Å². The molecule has 6 nitrogen and oxygen atoms in total. The summed E-state index contributed by atoms with van der Waals surface area (Å²) in [6, 6.07) is 28.1. The Labute approximate surface area is 407 Å². The summed E-state index contributed by atoms with van der Waals surface area (Å²) in [5.41, 5.74) is 17.6. The monoisotopic (exact) mass is 1010 g/mol. The minimum Gasteiger partial charge on any atom is -0.706 e. The molecule has 8 aliphatic rings. The number of methoxy groups -OCH3 is 2. The van der Waals surface area contributed by atoms with Crippen LogP contribution < -0.4 is 14.8 Å². The van der Waals surface area contributed by atoms with Crippen LogP contribution in [0.5, 0.6) is 11.5 Å². The minimum absolute atomic E-state index is 0. The van der Waals surface area contributed by atoms with E-state index in [1.807, 2.05) is 56.7 Å². The molecule has 8 fully saturated rings. The zero-order valence-electron chi connectivity index (χ0n) is 40.4. The average Bonchev–Trinajstić information content (AvgIpc) is 3.22. The zero-order valence-corrected chi connectivity index (χ0v) is 43.8. The average molecular weight is 1010 g/mol. The molecule has 8 aliphatic carbocycles. The molecule has 2 N–H and O–H groups in total. The van der Waals surface area contributed by atoms with E-state index < -0.39 is 18.0 Å². The van der Waals surface area contributed by atoms with Crippen LogP contribution in [-0.2, 0) is 30.5 Å². The molecule has 0 aromatic heterocycles. The van der Waals surface area contributed by atoms with E-state index in [1.54, 1.807) is 11.4 Å². The number of hydrogen-bond donors (Lipinski definition) is 1. The van der Waals surface area contributed by atoms with E-state index in [0.29, 0.717) is 40.0 Å². The van der Waals surface area contributed by atoms with Crippen molar-refractivity contribution in [3.63, 3.8) is 0 Å². The third kappa shape index (κ3) is 10.5. The molecule has 4 aromatic rings. The summed E-state index contributed by atoms with van der Waals surface area (Å²) in [6.45, 7) is 14.4. The Morgan fingerprint density at radius 3 is 1.43 bits per heavy atom. The molecule has 0 spiro atoms. The third-order valence-electron chi connectivity index (χ3n) is 16.3. The second-order valence-corrected chi connectivity index (χ2v) is 26.9. The molecule has 12 rings (SSSR count). The Balaban J connectivity index is 0.000000277. The standard InChI is InChI=1S/C43H61O2P.C12H9N.CH4O3S.Pd/c1-25(2)34-17-35(26(3)4)39(36(18-34)27(5)6)40-37(44-7)9-10-38(45-8)41(40)46(42-19-28-11-29(20-42)13-30(12-28)21-42)43-22-31-14-32(23-43)16-33(15-31)24-43;13-12-9-5-4-8-11(12)10-6-2-1-3-7-10;1-5(2,3)4;/h9-10,17-18,25-33H,11-16,19-24H2,1-8H3;1-6,8-9,13H;1H3,(H,2,3,4);/q;-2;;+2/p+1. The van der Waals surface area contributed by atoms with Crippen molar-refractivity contribution in [2.45, 2.75) is 147 Å². The number of hydrogen-bond acceptors (Lipinski definition) is 4. The molecule has 0 unspecified atom stereocenters. The van der Waals surface area contributed by atoms with E-state index in [2.05, 4.69) is 71.9 Å². The van der Waals surface area contributed by atoms with Gasteiger partial charge < -0.3 is 15.2 Å². The first-order valence-electron chi connectivity index (χ1n) is 24.4. The van der Waals surface area contributed by atoms with Crippen LogP contribution in [0.25, 0.3) is 28.0 Å². The molecule has 0 saturated heterocycles. The molecular weight excluding hydrogens is 936 g/mol. The summed E-state index contributed by atoms with van der Waals surface area (Å²) in [6.07, 6.45) is 18.8. The van der Waals surface area contributed by atoms with Crippen LogP contribution in [0.2, 0.25) is 0 Å². The van der Waals surface area contributed by atoms with Gasteiger partial charge in [-0.3, -0.25) is 4.55 Å². The van der Waals surface area contributed by atoms with Crippen LogP contribution in [0.4, 0.5) is 5.69 Å².